The van der Waals surface area contributed by atoms with Crippen molar-refractivity contribution in [3.8, 4) is 0 Å². The summed E-state index contributed by atoms with van der Waals surface area (Å²) < 4.78 is 0. The van der Waals surface area contributed by atoms with Gasteiger partial charge in [0.15, 0.2) is 0 Å². The summed E-state index contributed by atoms with van der Waals surface area (Å²) in [6, 6.07) is 7.75. The number of hydrogen-bond donors (Lipinski definition) is 2. The molecule has 0 amide bonds. The zero-order valence-electron chi connectivity index (χ0n) is 8.61. The highest BCUT2D eigenvalue weighted by molar-refractivity contribution is 5.67. The van der Waals surface area contributed by atoms with Gasteiger partial charge in [0.25, 0.3) is 0 Å². The summed E-state index contributed by atoms with van der Waals surface area (Å²) in [5.74, 6) is 0. The van der Waals surface area contributed by atoms with Gasteiger partial charge >= 0.3 is 0 Å². The third-order valence-corrected chi connectivity index (χ3v) is 2.14. The first-order valence-corrected chi connectivity index (χ1v) is 5.00. The van der Waals surface area contributed by atoms with Crippen LogP contribution in [0.4, 0.5) is 11.4 Å². The second-order valence-corrected chi connectivity index (χ2v) is 3.27. The molecule has 0 saturated heterocycles. The van der Waals surface area contributed by atoms with Crippen molar-refractivity contribution in [1.82, 2.24) is 0 Å². The largest absolute Gasteiger partial charge is 0.397 e. The molecule has 3 heteroatoms. The Morgan fingerprint density at radius 3 is 2.57 bits per heavy atom. The van der Waals surface area contributed by atoms with E-state index in [1.807, 2.05) is 24.3 Å². The summed E-state index contributed by atoms with van der Waals surface area (Å²) in [7, 11) is 0. The Labute approximate surface area is 85.2 Å². The van der Waals surface area contributed by atoms with Crippen molar-refractivity contribution < 1.29 is 5.11 Å². The second-order valence-electron chi connectivity index (χ2n) is 3.27. The van der Waals surface area contributed by atoms with E-state index in [0.717, 1.165) is 24.3 Å². The molecule has 0 saturated carbocycles. The van der Waals surface area contributed by atoms with Gasteiger partial charge in [-0.2, -0.15) is 0 Å². The van der Waals surface area contributed by atoms with Crippen molar-refractivity contribution in [1.29, 1.82) is 0 Å². The smallest absolute Gasteiger partial charge is 0.0606 e. The molecule has 0 aromatic heterocycles. The molecule has 0 bridgehead atoms. The Hall–Kier alpha value is -1.22. The quantitative estimate of drug-likeness (QED) is 0.698. The lowest BCUT2D eigenvalue weighted by Crippen LogP contribution is -2.28. The second kappa shape index (κ2) is 5.50. The molecule has 78 valence electrons. The van der Waals surface area contributed by atoms with Crippen molar-refractivity contribution in [3.63, 3.8) is 0 Å². The van der Waals surface area contributed by atoms with Crippen molar-refractivity contribution in [2.24, 2.45) is 0 Å². The zero-order valence-corrected chi connectivity index (χ0v) is 8.61. The normalized spacial score (nSPS) is 10.1. The van der Waals surface area contributed by atoms with E-state index in [9.17, 15) is 0 Å². The predicted octanol–water partition coefficient (Wildman–Crippen LogP) is 1.48. The molecule has 0 aliphatic heterocycles. The summed E-state index contributed by atoms with van der Waals surface area (Å²) in [6.07, 6.45) is 1.05. The van der Waals surface area contributed by atoms with Crippen LogP contribution in [-0.2, 0) is 0 Å². The number of nitrogens with two attached hydrogens (primary N) is 1. The van der Waals surface area contributed by atoms with E-state index < -0.39 is 0 Å². The molecule has 1 rings (SSSR count). The standard InChI is InChI=1S/C11H18N2O/c1-2-7-13(8-9-14)11-6-4-3-5-10(11)12/h3-6,14H,2,7-9,12H2,1H3. The molecular weight excluding hydrogens is 176 g/mol. The number of nitrogen functional groups attached to an aromatic ring is 1. The lowest BCUT2D eigenvalue weighted by molar-refractivity contribution is 0.302. The predicted molar refractivity (Wildman–Crippen MR) is 60.4 cm³/mol. The van der Waals surface area contributed by atoms with Crippen molar-refractivity contribution in [3.05, 3.63) is 24.3 Å². The van der Waals surface area contributed by atoms with E-state index in [-0.39, 0.29) is 6.61 Å². The van der Waals surface area contributed by atoms with Crippen LogP contribution in [-0.4, -0.2) is 24.8 Å². The molecule has 3 nitrogen and oxygen atoms in total. The van der Waals surface area contributed by atoms with Crippen molar-refractivity contribution in [2.45, 2.75) is 13.3 Å². The topological polar surface area (TPSA) is 49.5 Å². The van der Waals surface area contributed by atoms with E-state index in [2.05, 4.69) is 11.8 Å². The van der Waals surface area contributed by atoms with Crippen LogP contribution in [0.25, 0.3) is 0 Å². The van der Waals surface area contributed by atoms with Crippen LogP contribution in [0.3, 0.4) is 0 Å². The zero-order chi connectivity index (χ0) is 10.4. The van der Waals surface area contributed by atoms with Gasteiger partial charge in [-0.3, -0.25) is 0 Å². The van der Waals surface area contributed by atoms with Crippen LogP contribution in [0.2, 0.25) is 0 Å². The van der Waals surface area contributed by atoms with Crippen LogP contribution >= 0.6 is 0 Å². The van der Waals surface area contributed by atoms with Crippen LogP contribution in [0.1, 0.15) is 13.3 Å². The summed E-state index contributed by atoms with van der Waals surface area (Å²) in [5, 5.41) is 8.93. The molecule has 0 fully saturated rings. The average Bonchev–Trinajstić information content (AvgIpc) is 2.18. The fourth-order valence-electron chi connectivity index (χ4n) is 1.52. The van der Waals surface area contributed by atoms with E-state index in [0.29, 0.717) is 6.54 Å². The summed E-state index contributed by atoms with van der Waals surface area (Å²) >= 11 is 0. The number of benzene rings is 1. The minimum Gasteiger partial charge on any atom is -0.397 e. The van der Waals surface area contributed by atoms with Crippen LogP contribution in [0.15, 0.2) is 24.3 Å². The van der Waals surface area contributed by atoms with Gasteiger partial charge in [-0.05, 0) is 18.6 Å². The Kier molecular flexibility index (Phi) is 4.26. The number of aliphatic hydroxyl groups excluding tert-OH is 1. The van der Waals surface area contributed by atoms with Gasteiger partial charge in [0.1, 0.15) is 0 Å². The fourth-order valence-corrected chi connectivity index (χ4v) is 1.52. The highest BCUT2D eigenvalue weighted by Crippen LogP contribution is 2.22. The molecule has 14 heavy (non-hydrogen) atoms. The number of anilines is 2. The highest BCUT2D eigenvalue weighted by Gasteiger charge is 2.06. The number of aliphatic hydroxyl groups is 1. The van der Waals surface area contributed by atoms with E-state index in [4.69, 9.17) is 10.8 Å². The SMILES string of the molecule is CCCN(CCO)c1ccccc1N. The van der Waals surface area contributed by atoms with Gasteiger partial charge in [0.05, 0.1) is 18.0 Å². The van der Waals surface area contributed by atoms with E-state index >= 15 is 0 Å². The number of rotatable bonds is 5. The maximum Gasteiger partial charge on any atom is 0.0606 e. The molecule has 3 N–H and O–H groups in total. The van der Waals surface area contributed by atoms with Crippen LogP contribution in [0.5, 0.6) is 0 Å². The maximum absolute atomic E-state index is 8.93. The van der Waals surface area contributed by atoms with E-state index in [1.54, 1.807) is 0 Å². The minimum atomic E-state index is 0.161. The van der Waals surface area contributed by atoms with E-state index in [1.165, 1.54) is 0 Å². The van der Waals surface area contributed by atoms with Gasteiger partial charge in [-0.25, -0.2) is 0 Å². The average molecular weight is 194 g/mol. The van der Waals surface area contributed by atoms with Crippen molar-refractivity contribution in [2.75, 3.05) is 30.3 Å². The molecule has 1 aromatic rings. The van der Waals surface area contributed by atoms with Gasteiger partial charge in [0, 0.05) is 13.1 Å². The molecule has 1 aromatic carbocycles. The molecular formula is C11H18N2O. The van der Waals surface area contributed by atoms with Crippen molar-refractivity contribution >= 4 is 11.4 Å². The summed E-state index contributed by atoms with van der Waals surface area (Å²) in [5.41, 5.74) is 7.65. The third-order valence-electron chi connectivity index (χ3n) is 2.14. The first-order valence-electron chi connectivity index (χ1n) is 5.00. The molecule has 0 aliphatic rings. The number of hydrogen-bond acceptors (Lipinski definition) is 3. The monoisotopic (exact) mass is 194 g/mol. The molecule has 0 unspecified atom stereocenters. The summed E-state index contributed by atoms with van der Waals surface area (Å²) in [6.45, 7) is 3.84. The van der Waals surface area contributed by atoms with Gasteiger partial charge in [-0.15, -0.1) is 0 Å². The number of para-hydroxylation sites is 2. The van der Waals surface area contributed by atoms with Gasteiger partial charge in [0.2, 0.25) is 0 Å². The Balaban J connectivity index is 2.81. The molecule has 0 spiro atoms. The minimum absolute atomic E-state index is 0.161. The first-order chi connectivity index (χ1) is 6.79. The van der Waals surface area contributed by atoms with Crippen LogP contribution < -0.4 is 10.6 Å². The molecule has 0 heterocycles. The fraction of sp³-hybridized carbons (Fsp3) is 0.455. The molecule has 0 aliphatic carbocycles. The lowest BCUT2D eigenvalue weighted by atomic mass is 10.2. The highest BCUT2D eigenvalue weighted by atomic mass is 16.3. The summed E-state index contributed by atoms with van der Waals surface area (Å²) in [4.78, 5) is 2.11. The Bertz CT molecular complexity index is 270. The van der Waals surface area contributed by atoms with Gasteiger partial charge < -0.3 is 15.7 Å². The number of nitrogens with zero attached hydrogens (tertiary/aromatic N) is 1. The molecule has 0 atom stereocenters. The first kappa shape index (κ1) is 10.9. The van der Waals surface area contributed by atoms with Crippen LogP contribution in [0, 0.1) is 0 Å². The maximum atomic E-state index is 8.93. The Morgan fingerprint density at radius 2 is 2.00 bits per heavy atom. The van der Waals surface area contributed by atoms with Gasteiger partial charge in [-0.1, -0.05) is 19.1 Å². The third kappa shape index (κ3) is 2.64. The Morgan fingerprint density at radius 1 is 1.29 bits per heavy atom. The molecule has 0 radical (unpaired) electrons. The lowest BCUT2D eigenvalue weighted by Gasteiger charge is -2.24.